The summed E-state index contributed by atoms with van der Waals surface area (Å²) in [4.78, 5) is 24.1. The van der Waals surface area contributed by atoms with Crippen LogP contribution in [-0.4, -0.2) is 67.3 Å². The Morgan fingerprint density at radius 3 is 2.59 bits per heavy atom. The monoisotopic (exact) mass is 452 g/mol. The number of nitrogens with zero attached hydrogens (tertiary/aromatic N) is 4. The normalized spacial score (nSPS) is 16.0. The molecule has 1 amide bonds. The number of hydrogen-bond donors (Lipinski definition) is 0. The van der Waals surface area contributed by atoms with E-state index in [2.05, 4.69) is 43.0 Å². The Kier molecular flexibility index (Phi) is 5.65. The van der Waals surface area contributed by atoms with Crippen molar-refractivity contribution in [2.24, 2.45) is 0 Å². The number of aryl methyl sites for hydroxylation is 2. The zero-order valence-corrected chi connectivity index (χ0v) is 19.6. The molecule has 3 heterocycles. The molecule has 1 aromatic heterocycles. The molecule has 32 heavy (non-hydrogen) atoms. The van der Waals surface area contributed by atoms with E-state index in [1.807, 2.05) is 22.9 Å². The smallest absolute Gasteiger partial charge is 0.242 e. The summed E-state index contributed by atoms with van der Waals surface area (Å²) in [6, 6.07) is 10.3. The Morgan fingerprint density at radius 2 is 1.81 bits per heavy atom. The Balaban J connectivity index is 1.16. The van der Waals surface area contributed by atoms with Crippen molar-refractivity contribution in [2.45, 2.75) is 20.4 Å². The summed E-state index contributed by atoms with van der Waals surface area (Å²) >= 11 is 1.66. The third kappa shape index (κ3) is 4.12. The van der Waals surface area contributed by atoms with Crippen molar-refractivity contribution in [2.75, 3.05) is 51.5 Å². The molecule has 0 aliphatic carbocycles. The maximum Gasteiger partial charge on any atom is 0.242 e. The molecule has 7 nitrogen and oxygen atoms in total. The predicted molar refractivity (Wildman–Crippen MR) is 127 cm³/mol. The van der Waals surface area contributed by atoms with E-state index in [0.29, 0.717) is 13.3 Å². The van der Waals surface area contributed by atoms with Gasteiger partial charge in [0, 0.05) is 39.8 Å². The van der Waals surface area contributed by atoms with E-state index >= 15 is 0 Å². The molecule has 5 rings (SSSR count). The van der Waals surface area contributed by atoms with Crippen molar-refractivity contribution in [3.63, 3.8) is 0 Å². The van der Waals surface area contributed by atoms with E-state index in [1.54, 1.807) is 11.3 Å². The number of aromatic nitrogens is 1. The molecule has 8 heteroatoms. The van der Waals surface area contributed by atoms with Crippen molar-refractivity contribution in [1.82, 2.24) is 14.8 Å². The number of hydrogen-bond acceptors (Lipinski definition) is 7. The highest BCUT2D eigenvalue weighted by atomic mass is 32.1. The lowest BCUT2D eigenvalue weighted by Crippen LogP contribution is -2.50. The number of thiazole rings is 1. The highest BCUT2D eigenvalue weighted by Crippen LogP contribution is 2.33. The molecular formula is C24H28N4O3S. The zero-order valence-electron chi connectivity index (χ0n) is 18.8. The second-order valence-electron chi connectivity index (χ2n) is 8.57. The number of benzene rings is 2. The van der Waals surface area contributed by atoms with Gasteiger partial charge in [0.05, 0.1) is 16.8 Å². The molecule has 0 bridgehead atoms. The van der Waals surface area contributed by atoms with Gasteiger partial charge in [0.1, 0.15) is 0 Å². The zero-order chi connectivity index (χ0) is 22.2. The van der Waals surface area contributed by atoms with Gasteiger partial charge in [-0.25, -0.2) is 4.98 Å². The van der Waals surface area contributed by atoms with Crippen LogP contribution in [0.1, 0.15) is 16.7 Å². The molecule has 2 aromatic carbocycles. The average molecular weight is 453 g/mol. The molecule has 0 spiro atoms. The van der Waals surface area contributed by atoms with Crippen molar-refractivity contribution in [3.05, 3.63) is 47.0 Å². The molecule has 0 unspecified atom stereocenters. The van der Waals surface area contributed by atoms with E-state index in [9.17, 15) is 4.79 Å². The van der Waals surface area contributed by atoms with Crippen LogP contribution in [0.15, 0.2) is 30.3 Å². The third-order valence-corrected chi connectivity index (χ3v) is 7.50. The van der Waals surface area contributed by atoms with Crippen LogP contribution in [0, 0.1) is 13.8 Å². The van der Waals surface area contributed by atoms with E-state index in [-0.39, 0.29) is 5.91 Å². The van der Waals surface area contributed by atoms with E-state index in [0.717, 1.165) is 54.9 Å². The summed E-state index contributed by atoms with van der Waals surface area (Å²) in [5, 5.41) is 0.896. The van der Waals surface area contributed by atoms with Gasteiger partial charge in [-0.2, -0.15) is 0 Å². The summed E-state index contributed by atoms with van der Waals surface area (Å²) < 4.78 is 12.1. The summed E-state index contributed by atoms with van der Waals surface area (Å²) in [6.45, 7) is 8.90. The van der Waals surface area contributed by atoms with Crippen LogP contribution in [0.2, 0.25) is 0 Å². The molecule has 0 radical (unpaired) electrons. The lowest BCUT2D eigenvalue weighted by molar-refractivity contribution is -0.131. The molecule has 2 aliphatic rings. The number of fused-ring (bicyclic) bond motifs is 2. The Labute approximate surface area is 192 Å². The van der Waals surface area contributed by atoms with Gasteiger partial charge in [0.25, 0.3) is 0 Å². The minimum atomic E-state index is 0.155. The first-order chi connectivity index (χ1) is 15.5. The van der Waals surface area contributed by atoms with Crippen LogP contribution in [0.25, 0.3) is 10.2 Å². The number of amides is 1. The van der Waals surface area contributed by atoms with Gasteiger partial charge in [-0.1, -0.05) is 29.5 Å². The largest absolute Gasteiger partial charge is 0.454 e. The van der Waals surface area contributed by atoms with Crippen LogP contribution in [0.4, 0.5) is 5.13 Å². The maximum absolute atomic E-state index is 12.9. The molecule has 1 fully saturated rings. The van der Waals surface area contributed by atoms with Crippen LogP contribution in [-0.2, 0) is 11.3 Å². The van der Waals surface area contributed by atoms with Gasteiger partial charge in [-0.05, 0) is 42.7 Å². The molecular weight excluding hydrogens is 424 g/mol. The van der Waals surface area contributed by atoms with Gasteiger partial charge < -0.3 is 19.3 Å². The van der Waals surface area contributed by atoms with Gasteiger partial charge in [-0.15, -0.1) is 0 Å². The fourth-order valence-electron chi connectivity index (χ4n) is 4.23. The molecule has 0 saturated carbocycles. The third-order valence-electron chi connectivity index (χ3n) is 6.20. The lowest BCUT2D eigenvalue weighted by atomic mass is 10.1. The van der Waals surface area contributed by atoms with Crippen molar-refractivity contribution in [1.29, 1.82) is 0 Å². The van der Waals surface area contributed by atoms with Gasteiger partial charge in [-0.3, -0.25) is 9.69 Å². The molecule has 1 saturated heterocycles. The Morgan fingerprint density at radius 1 is 1.06 bits per heavy atom. The van der Waals surface area contributed by atoms with Crippen LogP contribution < -0.4 is 14.4 Å². The van der Waals surface area contributed by atoms with Gasteiger partial charge in [0.2, 0.25) is 12.7 Å². The molecule has 168 valence electrons. The van der Waals surface area contributed by atoms with E-state index < -0.39 is 0 Å². The molecule has 3 aromatic rings. The molecule has 0 N–H and O–H groups in total. The topological polar surface area (TPSA) is 58.1 Å². The fourth-order valence-corrected chi connectivity index (χ4v) is 5.31. The maximum atomic E-state index is 12.9. The van der Waals surface area contributed by atoms with Crippen molar-refractivity contribution >= 4 is 32.6 Å². The highest BCUT2D eigenvalue weighted by Gasteiger charge is 2.24. The number of rotatable bonds is 5. The minimum absolute atomic E-state index is 0.155. The van der Waals surface area contributed by atoms with E-state index in [1.165, 1.54) is 21.4 Å². The first kappa shape index (κ1) is 21.0. The van der Waals surface area contributed by atoms with Crippen LogP contribution in [0.5, 0.6) is 11.5 Å². The average Bonchev–Trinajstić information content (AvgIpc) is 3.44. The summed E-state index contributed by atoms with van der Waals surface area (Å²) in [5.41, 5.74) is 4.65. The SMILES string of the molecule is Cc1ccc(C)c2sc(N(C)CC(=O)N3CCN(Cc4ccc5c(c4)OCO5)CC3)nc12. The first-order valence-corrected chi connectivity index (χ1v) is 11.8. The number of carbonyl (C=O) groups excluding carboxylic acids is 1. The van der Waals surface area contributed by atoms with Crippen molar-refractivity contribution < 1.29 is 14.3 Å². The number of ether oxygens (including phenoxy) is 2. The summed E-state index contributed by atoms with van der Waals surface area (Å²) in [7, 11) is 1.95. The Bertz CT molecular complexity index is 1110. The van der Waals surface area contributed by atoms with Gasteiger partial charge in [0.15, 0.2) is 16.6 Å². The minimum Gasteiger partial charge on any atom is -0.454 e. The number of likely N-dealkylation sites (N-methyl/N-ethyl adjacent to an activating group) is 1. The number of carbonyl (C=O) groups is 1. The first-order valence-electron chi connectivity index (χ1n) is 10.9. The number of anilines is 1. The lowest BCUT2D eigenvalue weighted by Gasteiger charge is -2.35. The van der Waals surface area contributed by atoms with Crippen LogP contribution in [0.3, 0.4) is 0 Å². The fraction of sp³-hybridized carbons (Fsp3) is 0.417. The quantitative estimate of drug-likeness (QED) is 0.591. The molecule has 0 atom stereocenters. The standard InChI is InChI=1S/C24H28N4O3S/c1-16-4-5-17(2)23-22(16)25-24(32-23)26(3)14-21(29)28-10-8-27(9-11-28)13-18-6-7-19-20(12-18)31-15-30-19/h4-7,12H,8-11,13-15H2,1-3H3. The Hall–Kier alpha value is -2.84. The van der Waals surface area contributed by atoms with Crippen LogP contribution >= 0.6 is 11.3 Å². The summed E-state index contributed by atoms with van der Waals surface area (Å²) in [5.74, 6) is 1.79. The second-order valence-corrected chi connectivity index (χ2v) is 9.55. The summed E-state index contributed by atoms with van der Waals surface area (Å²) in [6.07, 6.45) is 0. The molecule has 2 aliphatic heterocycles. The van der Waals surface area contributed by atoms with E-state index in [4.69, 9.17) is 14.5 Å². The van der Waals surface area contributed by atoms with Crippen molar-refractivity contribution in [3.8, 4) is 11.5 Å². The number of piperazine rings is 1. The predicted octanol–water partition coefficient (Wildman–Crippen LogP) is 3.42. The second kappa shape index (κ2) is 8.60. The van der Waals surface area contributed by atoms with Gasteiger partial charge >= 0.3 is 0 Å². The highest BCUT2D eigenvalue weighted by molar-refractivity contribution is 7.22.